The fraction of sp³-hybridized carbons (Fsp3) is 0.667. The third-order valence-electron chi connectivity index (χ3n) is 1.35. The second-order valence-corrected chi connectivity index (χ2v) is 1.93. The standard InChI is InChI=1S/C6H9F/c1-5(7)6-3-2-4-6/h3,5H,2,4H2,1H3. The summed E-state index contributed by atoms with van der Waals surface area (Å²) in [5.41, 5.74) is 0.986. The van der Waals surface area contributed by atoms with Gasteiger partial charge in [0.15, 0.2) is 0 Å². The van der Waals surface area contributed by atoms with E-state index >= 15 is 0 Å². The molecule has 1 aliphatic carbocycles. The molecule has 0 aromatic heterocycles. The van der Waals surface area contributed by atoms with Crippen molar-refractivity contribution in [2.45, 2.75) is 25.9 Å². The maximum atomic E-state index is 12.1. The zero-order valence-electron chi connectivity index (χ0n) is 4.45. The van der Waals surface area contributed by atoms with Gasteiger partial charge in [-0.2, -0.15) is 0 Å². The van der Waals surface area contributed by atoms with Gasteiger partial charge in [0.25, 0.3) is 0 Å². The number of hydrogen-bond donors (Lipinski definition) is 0. The summed E-state index contributed by atoms with van der Waals surface area (Å²) in [6.45, 7) is 1.59. The molecule has 0 bridgehead atoms. The molecule has 40 valence electrons. The van der Waals surface area contributed by atoms with Crippen LogP contribution in [0.3, 0.4) is 0 Å². The quantitative estimate of drug-likeness (QED) is 0.442. The van der Waals surface area contributed by atoms with Crippen LogP contribution in [0.2, 0.25) is 0 Å². The monoisotopic (exact) mass is 100 g/mol. The minimum Gasteiger partial charge on any atom is -0.243 e. The first-order valence-corrected chi connectivity index (χ1v) is 2.63. The molecule has 1 rings (SSSR count). The zero-order chi connectivity index (χ0) is 5.28. The molecule has 0 spiro atoms. The maximum absolute atomic E-state index is 12.1. The van der Waals surface area contributed by atoms with Crippen LogP contribution in [0.5, 0.6) is 0 Å². The topological polar surface area (TPSA) is 0 Å². The molecule has 0 aromatic rings. The van der Waals surface area contributed by atoms with E-state index < -0.39 is 6.17 Å². The van der Waals surface area contributed by atoms with Crippen LogP contribution in [0, 0.1) is 0 Å². The van der Waals surface area contributed by atoms with Crippen molar-refractivity contribution in [1.82, 2.24) is 0 Å². The second kappa shape index (κ2) is 1.65. The molecule has 1 atom stereocenters. The molecule has 0 aliphatic heterocycles. The SMILES string of the molecule is CC(F)C1=CCC1. The van der Waals surface area contributed by atoms with Gasteiger partial charge in [0.1, 0.15) is 6.17 Å². The average molecular weight is 100 g/mol. The normalized spacial score (nSPS) is 22.9. The Balaban J connectivity index is 2.40. The fourth-order valence-corrected chi connectivity index (χ4v) is 0.672. The Labute approximate surface area is 43.0 Å². The smallest absolute Gasteiger partial charge is 0.118 e. The summed E-state index contributed by atoms with van der Waals surface area (Å²) in [5, 5.41) is 0. The van der Waals surface area contributed by atoms with E-state index in [1.54, 1.807) is 6.92 Å². The molecule has 1 unspecified atom stereocenters. The van der Waals surface area contributed by atoms with E-state index in [4.69, 9.17) is 0 Å². The van der Waals surface area contributed by atoms with Crippen LogP contribution < -0.4 is 0 Å². The van der Waals surface area contributed by atoms with Gasteiger partial charge in [-0.25, -0.2) is 4.39 Å². The van der Waals surface area contributed by atoms with Crippen molar-refractivity contribution in [1.29, 1.82) is 0 Å². The van der Waals surface area contributed by atoms with Gasteiger partial charge in [0.05, 0.1) is 0 Å². The summed E-state index contributed by atoms with van der Waals surface area (Å²) in [7, 11) is 0. The highest BCUT2D eigenvalue weighted by Crippen LogP contribution is 2.22. The molecule has 0 heterocycles. The summed E-state index contributed by atoms with van der Waals surface area (Å²) in [4.78, 5) is 0. The van der Waals surface area contributed by atoms with E-state index in [0.29, 0.717) is 0 Å². The number of allylic oxidation sites excluding steroid dienone is 2. The maximum Gasteiger partial charge on any atom is 0.118 e. The van der Waals surface area contributed by atoms with E-state index in [9.17, 15) is 4.39 Å². The van der Waals surface area contributed by atoms with Crippen molar-refractivity contribution in [3.8, 4) is 0 Å². The summed E-state index contributed by atoms with van der Waals surface area (Å²) in [5.74, 6) is 0. The molecular weight excluding hydrogens is 91.1 g/mol. The fourth-order valence-electron chi connectivity index (χ4n) is 0.672. The Morgan fingerprint density at radius 3 is 2.43 bits per heavy atom. The highest BCUT2D eigenvalue weighted by Gasteiger charge is 2.10. The molecule has 0 saturated carbocycles. The van der Waals surface area contributed by atoms with Crippen molar-refractivity contribution < 1.29 is 4.39 Å². The summed E-state index contributed by atoms with van der Waals surface area (Å²) in [6, 6.07) is 0. The summed E-state index contributed by atoms with van der Waals surface area (Å²) >= 11 is 0. The van der Waals surface area contributed by atoms with Crippen molar-refractivity contribution in [3.63, 3.8) is 0 Å². The Hall–Kier alpha value is -0.330. The van der Waals surface area contributed by atoms with Gasteiger partial charge in [0.2, 0.25) is 0 Å². The molecule has 0 aromatic carbocycles. The van der Waals surface area contributed by atoms with Crippen LogP contribution in [0.25, 0.3) is 0 Å². The van der Waals surface area contributed by atoms with Crippen LogP contribution in [0.1, 0.15) is 19.8 Å². The van der Waals surface area contributed by atoms with Crippen LogP contribution in [0.15, 0.2) is 11.6 Å². The van der Waals surface area contributed by atoms with Gasteiger partial charge in [-0.1, -0.05) is 6.08 Å². The second-order valence-electron chi connectivity index (χ2n) is 1.93. The van der Waals surface area contributed by atoms with E-state index in [1.807, 2.05) is 6.08 Å². The van der Waals surface area contributed by atoms with Crippen LogP contribution in [0.4, 0.5) is 4.39 Å². The Bertz CT molecular complexity index is 92.4. The van der Waals surface area contributed by atoms with E-state index in [0.717, 1.165) is 18.4 Å². The van der Waals surface area contributed by atoms with Gasteiger partial charge in [-0.3, -0.25) is 0 Å². The minimum atomic E-state index is -0.686. The van der Waals surface area contributed by atoms with Crippen LogP contribution in [-0.4, -0.2) is 6.17 Å². The lowest BCUT2D eigenvalue weighted by Gasteiger charge is -2.14. The van der Waals surface area contributed by atoms with Gasteiger partial charge >= 0.3 is 0 Å². The predicted molar refractivity (Wildman–Crippen MR) is 27.9 cm³/mol. The first-order valence-electron chi connectivity index (χ1n) is 2.63. The minimum absolute atomic E-state index is 0.686. The molecule has 7 heavy (non-hydrogen) atoms. The van der Waals surface area contributed by atoms with Crippen LogP contribution in [-0.2, 0) is 0 Å². The molecule has 0 nitrogen and oxygen atoms in total. The Morgan fingerprint density at radius 1 is 1.86 bits per heavy atom. The van der Waals surface area contributed by atoms with Crippen molar-refractivity contribution in [3.05, 3.63) is 11.6 Å². The molecule has 0 saturated heterocycles. The molecule has 1 heteroatoms. The first kappa shape index (κ1) is 4.82. The molecule has 0 amide bonds. The molecule has 0 N–H and O–H groups in total. The molecule has 0 fully saturated rings. The summed E-state index contributed by atoms with van der Waals surface area (Å²) in [6.07, 6.45) is 3.35. The van der Waals surface area contributed by atoms with Gasteiger partial charge < -0.3 is 0 Å². The van der Waals surface area contributed by atoms with E-state index in [1.165, 1.54) is 0 Å². The zero-order valence-corrected chi connectivity index (χ0v) is 4.45. The highest BCUT2D eigenvalue weighted by atomic mass is 19.1. The summed E-state index contributed by atoms with van der Waals surface area (Å²) < 4.78 is 12.1. The average Bonchev–Trinajstić information content (AvgIpc) is 1.23. The van der Waals surface area contributed by atoms with Crippen LogP contribution >= 0.6 is 0 Å². The highest BCUT2D eigenvalue weighted by molar-refractivity contribution is 5.15. The number of rotatable bonds is 1. The number of alkyl halides is 1. The Kier molecular flexibility index (Phi) is 1.13. The largest absolute Gasteiger partial charge is 0.243 e. The lowest BCUT2D eigenvalue weighted by atomic mass is 9.96. The van der Waals surface area contributed by atoms with Gasteiger partial charge in [-0.05, 0) is 25.3 Å². The third kappa shape index (κ3) is 0.817. The third-order valence-corrected chi connectivity index (χ3v) is 1.35. The lowest BCUT2D eigenvalue weighted by molar-refractivity contribution is 0.392. The predicted octanol–water partition coefficient (Wildman–Crippen LogP) is 2.06. The van der Waals surface area contributed by atoms with Crippen molar-refractivity contribution in [2.75, 3.05) is 0 Å². The molecular formula is C6H9F. The first-order chi connectivity index (χ1) is 3.30. The van der Waals surface area contributed by atoms with Gasteiger partial charge in [-0.15, -0.1) is 0 Å². The van der Waals surface area contributed by atoms with Crippen molar-refractivity contribution >= 4 is 0 Å². The van der Waals surface area contributed by atoms with E-state index in [-0.39, 0.29) is 0 Å². The number of hydrogen-bond acceptors (Lipinski definition) is 0. The molecule has 0 radical (unpaired) electrons. The lowest BCUT2D eigenvalue weighted by Crippen LogP contribution is -2.04. The Morgan fingerprint density at radius 2 is 2.43 bits per heavy atom. The molecule has 1 aliphatic rings. The van der Waals surface area contributed by atoms with Gasteiger partial charge in [0, 0.05) is 0 Å². The van der Waals surface area contributed by atoms with Crippen molar-refractivity contribution in [2.24, 2.45) is 0 Å². The van der Waals surface area contributed by atoms with E-state index in [2.05, 4.69) is 0 Å². The number of halogens is 1.